The van der Waals surface area contributed by atoms with Gasteiger partial charge in [0.05, 0.1) is 12.1 Å². The van der Waals surface area contributed by atoms with E-state index in [0.717, 1.165) is 16.8 Å². The molecule has 5 heteroatoms. The van der Waals surface area contributed by atoms with Crippen LogP contribution in [0.5, 0.6) is 0 Å². The summed E-state index contributed by atoms with van der Waals surface area (Å²) in [6.07, 6.45) is 0. The van der Waals surface area contributed by atoms with Crippen molar-refractivity contribution >= 4 is 22.5 Å². The van der Waals surface area contributed by atoms with E-state index in [-0.39, 0.29) is 11.1 Å². The molecule has 0 bridgehead atoms. The van der Waals surface area contributed by atoms with Crippen LogP contribution in [0.15, 0.2) is 89.7 Å². The Hall–Kier alpha value is -3.73. The van der Waals surface area contributed by atoms with Crippen LogP contribution in [-0.2, 0) is 13.1 Å². The third kappa shape index (κ3) is 3.67. The minimum absolute atomic E-state index is 0.0645. The maximum atomic E-state index is 13.5. The highest BCUT2D eigenvalue weighted by atomic mass is 16.2. The Morgan fingerprint density at radius 1 is 0.897 bits per heavy atom. The molecule has 0 aliphatic heterocycles. The van der Waals surface area contributed by atoms with Crippen LogP contribution in [0, 0.1) is 0 Å². The molecule has 0 saturated heterocycles. The minimum Gasteiger partial charge on any atom is -0.302 e. The SMILES string of the molecule is CCn1nc(C(=O)N(Cc2ccccc2)c2ccccc2)c(=O)c2ccccc21. The van der Waals surface area contributed by atoms with Crippen molar-refractivity contribution in [3.05, 3.63) is 106 Å². The lowest BCUT2D eigenvalue weighted by Crippen LogP contribution is -2.36. The molecule has 0 aliphatic carbocycles. The van der Waals surface area contributed by atoms with E-state index in [2.05, 4.69) is 5.10 Å². The number of carbonyl (C=O) groups excluding carboxylic acids is 1. The van der Waals surface area contributed by atoms with E-state index in [1.54, 1.807) is 21.7 Å². The van der Waals surface area contributed by atoms with Gasteiger partial charge in [0, 0.05) is 17.6 Å². The van der Waals surface area contributed by atoms with E-state index in [0.29, 0.717) is 18.5 Å². The first-order valence-electron chi connectivity index (χ1n) is 9.59. The first-order valence-corrected chi connectivity index (χ1v) is 9.59. The van der Waals surface area contributed by atoms with Gasteiger partial charge in [0.1, 0.15) is 0 Å². The predicted octanol–water partition coefficient (Wildman–Crippen LogP) is 4.26. The number of aromatic nitrogens is 2. The number of hydrogen-bond donors (Lipinski definition) is 0. The summed E-state index contributed by atoms with van der Waals surface area (Å²) < 4.78 is 1.70. The number of benzene rings is 3. The molecule has 5 nitrogen and oxygen atoms in total. The van der Waals surface area contributed by atoms with E-state index in [9.17, 15) is 9.59 Å². The number of para-hydroxylation sites is 2. The number of aryl methyl sites for hydroxylation is 1. The van der Waals surface area contributed by atoms with Crippen LogP contribution in [0.2, 0.25) is 0 Å². The summed E-state index contributed by atoms with van der Waals surface area (Å²) in [7, 11) is 0. The molecule has 4 rings (SSSR count). The zero-order chi connectivity index (χ0) is 20.2. The quantitative estimate of drug-likeness (QED) is 0.517. The number of nitrogens with zero attached hydrogens (tertiary/aromatic N) is 3. The van der Waals surface area contributed by atoms with Gasteiger partial charge in [-0.25, -0.2) is 0 Å². The lowest BCUT2D eigenvalue weighted by molar-refractivity contribution is 0.0977. The van der Waals surface area contributed by atoms with Crippen LogP contribution in [0.1, 0.15) is 23.0 Å². The minimum atomic E-state index is -0.405. The van der Waals surface area contributed by atoms with E-state index >= 15 is 0 Å². The fraction of sp³-hybridized carbons (Fsp3) is 0.125. The molecule has 3 aromatic carbocycles. The Morgan fingerprint density at radius 3 is 2.21 bits per heavy atom. The van der Waals surface area contributed by atoms with E-state index in [4.69, 9.17) is 0 Å². The third-order valence-corrected chi connectivity index (χ3v) is 4.86. The first kappa shape index (κ1) is 18.6. The number of rotatable bonds is 5. The van der Waals surface area contributed by atoms with Crippen LogP contribution in [0.25, 0.3) is 10.9 Å². The van der Waals surface area contributed by atoms with Crippen molar-refractivity contribution in [2.75, 3.05) is 4.90 Å². The van der Waals surface area contributed by atoms with Gasteiger partial charge in [0.2, 0.25) is 5.43 Å². The average Bonchev–Trinajstić information content (AvgIpc) is 2.79. The molecule has 0 atom stereocenters. The Bertz CT molecular complexity index is 1200. The van der Waals surface area contributed by atoms with Crippen molar-refractivity contribution in [3.8, 4) is 0 Å². The molecule has 0 spiro atoms. The first-order chi connectivity index (χ1) is 14.2. The average molecular weight is 383 g/mol. The van der Waals surface area contributed by atoms with Gasteiger partial charge < -0.3 is 4.90 Å². The van der Waals surface area contributed by atoms with Gasteiger partial charge in [0.25, 0.3) is 5.91 Å². The van der Waals surface area contributed by atoms with Crippen molar-refractivity contribution in [2.45, 2.75) is 20.0 Å². The summed E-state index contributed by atoms with van der Waals surface area (Å²) in [6, 6.07) is 26.3. The summed E-state index contributed by atoms with van der Waals surface area (Å²) >= 11 is 0. The number of anilines is 1. The lowest BCUT2D eigenvalue weighted by Gasteiger charge is -2.23. The second kappa shape index (κ2) is 8.10. The molecule has 4 aromatic rings. The number of hydrogen-bond acceptors (Lipinski definition) is 3. The molecule has 0 unspecified atom stereocenters. The number of fused-ring (bicyclic) bond motifs is 1. The van der Waals surface area contributed by atoms with Crippen LogP contribution in [0.4, 0.5) is 5.69 Å². The van der Waals surface area contributed by atoms with Crippen molar-refractivity contribution in [1.29, 1.82) is 0 Å². The van der Waals surface area contributed by atoms with Crippen molar-refractivity contribution < 1.29 is 4.79 Å². The Labute approximate surface area is 168 Å². The zero-order valence-electron chi connectivity index (χ0n) is 16.2. The number of carbonyl (C=O) groups is 1. The fourth-order valence-electron chi connectivity index (χ4n) is 3.40. The fourth-order valence-corrected chi connectivity index (χ4v) is 3.40. The topological polar surface area (TPSA) is 55.2 Å². The van der Waals surface area contributed by atoms with Crippen molar-refractivity contribution in [1.82, 2.24) is 9.78 Å². The molecular weight excluding hydrogens is 362 g/mol. The summed E-state index contributed by atoms with van der Waals surface area (Å²) in [4.78, 5) is 28.2. The Morgan fingerprint density at radius 2 is 1.52 bits per heavy atom. The molecule has 1 amide bonds. The molecule has 1 aromatic heterocycles. The van der Waals surface area contributed by atoms with E-state index in [1.165, 1.54) is 0 Å². The third-order valence-electron chi connectivity index (χ3n) is 4.86. The normalized spacial score (nSPS) is 10.8. The summed E-state index contributed by atoms with van der Waals surface area (Å²) in [5.74, 6) is -0.405. The molecule has 29 heavy (non-hydrogen) atoms. The highest BCUT2D eigenvalue weighted by molar-refractivity contribution is 6.05. The summed E-state index contributed by atoms with van der Waals surface area (Å²) in [5.41, 5.74) is 2.01. The van der Waals surface area contributed by atoms with Gasteiger partial charge in [-0.2, -0.15) is 5.10 Å². The highest BCUT2D eigenvalue weighted by Gasteiger charge is 2.24. The van der Waals surface area contributed by atoms with Crippen LogP contribution in [0.3, 0.4) is 0 Å². The monoisotopic (exact) mass is 383 g/mol. The Kier molecular flexibility index (Phi) is 5.20. The van der Waals surface area contributed by atoms with Gasteiger partial charge in [-0.3, -0.25) is 14.3 Å². The second-order valence-electron chi connectivity index (χ2n) is 6.72. The Balaban J connectivity index is 1.84. The molecule has 0 fully saturated rings. The zero-order valence-corrected chi connectivity index (χ0v) is 16.2. The maximum absolute atomic E-state index is 13.5. The molecule has 0 aliphatic rings. The van der Waals surface area contributed by atoms with Crippen LogP contribution in [-0.4, -0.2) is 15.7 Å². The van der Waals surface area contributed by atoms with Crippen molar-refractivity contribution in [3.63, 3.8) is 0 Å². The van der Waals surface area contributed by atoms with Crippen LogP contribution >= 0.6 is 0 Å². The molecule has 1 heterocycles. The lowest BCUT2D eigenvalue weighted by atomic mass is 10.1. The standard InChI is InChI=1S/C24H21N3O2/c1-2-27-21-16-10-9-15-20(21)23(28)22(25-27)24(29)26(19-13-7-4-8-14-19)17-18-11-5-3-6-12-18/h3-16H,2,17H2,1H3. The molecule has 0 N–H and O–H groups in total. The smallest absolute Gasteiger partial charge is 0.283 e. The summed E-state index contributed by atoms with van der Waals surface area (Å²) in [5, 5.41) is 4.92. The van der Waals surface area contributed by atoms with Gasteiger partial charge in [-0.1, -0.05) is 60.7 Å². The van der Waals surface area contributed by atoms with Gasteiger partial charge >= 0.3 is 0 Å². The van der Waals surface area contributed by atoms with Crippen molar-refractivity contribution in [2.24, 2.45) is 0 Å². The molecular formula is C24H21N3O2. The summed E-state index contributed by atoms with van der Waals surface area (Å²) in [6.45, 7) is 2.85. The molecule has 144 valence electrons. The predicted molar refractivity (Wildman–Crippen MR) is 115 cm³/mol. The highest BCUT2D eigenvalue weighted by Crippen LogP contribution is 2.19. The molecule has 0 saturated carbocycles. The van der Waals surface area contributed by atoms with Gasteiger partial charge in [0.15, 0.2) is 5.69 Å². The van der Waals surface area contributed by atoms with Crippen LogP contribution < -0.4 is 10.3 Å². The van der Waals surface area contributed by atoms with E-state index in [1.807, 2.05) is 79.7 Å². The maximum Gasteiger partial charge on any atom is 0.283 e. The second-order valence-corrected chi connectivity index (χ2v) is 6.72. The number of amides is 1. The van der Waals surface area contributed by atoms with Gasteiger partial charge in [-0.15, -0.1) is 0 Å². The van der Waals surface area contributed by atoms with E-state index < -0.39 is 5.91 Å². The molecule has 0 radical (unpaired) electrons. The largest absolute Gasteiger partial charge is 0.302 e. The van der Waals surface area contributed by atoms with Gasteiger partial charge in [-0.05, 0) is 36.8 Å².